The third-order valence-electron chi connectivity index (χ3n) is 4.27. The molecular formula is C13H26O4. The van der Waals surface area contributed by atoms with Crippen LogP contribution in [0.15, 0.2) is 0 Å². The summed E-state index contributed by atoms with van der Waals surface area (Å²) in [4.78, 5) is 0. The van der Waals surface area contributed by atoms with E-state index in [9.17, 15) is 0 Å². The van der Waals surface area contributed by atoms with Crippen molar-refractivity contribution in [3.8, 4) is 0 Å². The second-order valence-corrected chi connectivity index (χ2v) is 5.56. The molecule has 0 amide bonds. The average Bonchev–Trinajstić information content (AvgIpc) is 2.28. The molecule has 4 heteroatoms. The summed E-state index contributed by atoms with van der Waals surface area (Å²) in [5.41, 5.74) is -0.194. The average molecular weight is 246 g/mol. The Labute approximate surface area is 105 Å². The van der Waals surface area contributed by atoms with Crippen molar-refractivity contribution < 1.29 is 18.9 Å². The fraction of sp³-hybridized carbons (Fsp3) is 1.00. The van der Waals surface area contributed by atoms with Crippen LogP contribution < -0.4 is 0 Å². The molecule has 0 spiro atoms. The zero-order chi connectivity index (χ0) is 13.3. The second-order valence-electron chi connectivity index (χ2n) is 5.56. The van der Waals surface area contributed by atoms with Crippen molar-refractivity contribution in [1.82, 2.24) is 0 Å². The lowest BCUT2D eigenvalue weighted by atomic mass is 9.64. The molecule has 0 radical (unpaired) electrons. The highest BCUT2D eigenvalue weighted by Crippen LogP contribution is 2.53. The third kappa shape index (κ3) is 2.12. The molecule has 1 atom stereocenters. The number of hydrogen-bond donors (Lipinski definition) is 0. The molecule has 4 nitrogen and oxygen atoms in total. The number of ether oxygens (including phenoxy) is 4. The lowest BCUT2D eigenvalue weighted by Gasteiger charge is -2.56. The van der Waals surface area contributed by atoms with E-state index in [1.165, 1.54) is 0 Å². The third-order valence-corrected chi connectivity index (χ3v) is 4.27. The van der Waals surface area contributed by atoms with Gasteiger partial charge >= 0.3 is 0 Å². The molecule has 1 unspecified atom stereocenters. The molecule has 1 saturated carbocycles. The van der Waals surface area contributed by atoms with E-state index in [2.05, 4.69) is 20.8 Å². The Bertz CT molecular complexity index is 254. The highest BCUT2D eigenvalue weighted by molar-refractivity contribution is 5.01. The van der Waals surface area contributed by atoms with Gasteiger partial charge in [0.1, 0.15) is 0 Å². The standard InChI is InChI=1S/C13H26O4/c1-10-8-12(14-4,15-5)9-11(2,3)13(10,16-6)17-7/h10H,8-9H2,1-7H3. The first-order valence-corrected chi connectivity index (χ1v) is 6.03. The predicted molar refractivity (Wildman–Crippen MR) is 65.7 cm³/mol. The van der Waals surface area contributed by atoms with Crippen LogP contribution in [0.5, 0.6) is 0 Å². The van der Waals surface area contributed by atoms with Crippen molar-refractivity contribution in [3.63, 3.8) is 0 Å². The van der Waals surface area contributed by atoms with Gasteiger partial charge in [-0.2, -0.15) is 0 Å². The molecule has 17 heavy (non-hydrogen) atoms. The Morgan fingerprint density at radius 3 is 1.65 bits per heavy atom. The zero-order valence-electron chi connectivity index (χ0n) is 12.1. The molecular weight excluding hydrogens is 220 g/mol. The SMILES string of the molecule is COC1(OC)CC(C)C(OC)(OC)C(C)(C)C1. The Kier molecular flexibility index (Phi) is 4.24. The minimum Gasteiger partial charge on any atom is -0.353 e. The molecule has 0 bridgehead atoms. The fourth-order valence-corrected chi connectivity index (χ4v) is 3.57. The summed E-state index contributed by atoms with van der Waals surface area (Å²) in [6, 6.07) is 0. The molecule has 0 heterocycles. The molecule has 0 aliphatic heterocycles. The van der Waals surface area contributed by atoms with Gasteiger partial charge in [0.15, 0.2) is 11.6 Å². The smallest absolute Gasteiger partial charge is 0.175 e. The normalized spacial score (nSPS) is 30.2. The Balaban J connectivity index is 3.11. The molecule has 0 aromatic heterocycles. The van der Waals surface area contributed by atoms with E-state index in [-0.39, 0.29) is 11.3 Å². The van der Waals surface area contributed by atoms with E-state index >= 15 is 0 Å². The molecule has 1 aliphatic rings. The lowest BCUT2D eigenvalue weighted by Crippen LogP contribution is -2.62. The Morgan fingerprint density at radius 2 is 1.35 bits per heavy atom. The maximum absolute atomic E-state index is 5.70. The van der Waals surface area contributed by atoms with Crippen molar-refractivity contribution in [2.45, 2.75) is 45.2 Å². The largest absolute Gasteiger partial charge is 0.353 e. The van der Waals surface area contributed by atoms with Gasteiger partial charge in [-0.05, 0) is 0 Å². The van der Waals surface area contributed by atoms with Gasteiger partial charge in [-0.25, -0.2) is 0 Å². The van der Waals surface area contributed by atoms with Gasteiger partial charge in [0.05, 0.1) is 0 Å². The maximum Gasteiger partial charge on any atom is 0.175 e. The van der Waals surface area contributed by atoms with Crippen LogP contribution in [0.4, 0.5) is 0 Å². The summed E-state index contributed by atoms with van der Waals surface area (Å²) in [7, 11) is 6.79. The van der Waals surface area contributed by atoms with Crippen LogP contribution in [-0.2, 0) is 18.9 Å². The minimum absolute atomic E-state index is 0.182. The summed E-state index contributed by atoms with van der Waals surface area (Å²) >= 11 is 0. The highest BCUT2D eigenvalue weighted by Gasteiger charge is 2.59. The molecule has 0 aromatic rings. The lowest BCUT2D eigenvalue weighted by molar-refractivity contribution is -0.362. The van der Waals surface area contributed by atoms with Crippen LogP contribution in [0.25, 0.3) is 0 Å². The van der Waals surface area contributed by atoms with Crippen LogP contribution in [0.1, 0.15) is 33.6 Å². The summed E-state index contributed by atoms with van der Waals surface area (Å²) in [6.45, 7) is 6.37. The van der Waals surface area contributed by atoms with Crippen molar-refractivity contribution in [2.24, 2.45) is 11.3 Å². The van der Waals surface area contributed by atoms with Gasteiger partial charge in [0.2, 0.25) is 0 Å². The van der Waals surface area contributed by atoms with E-state index in [1.807, 2.05) is 0 Å². The summed E-state index contributed by atoms with van der Waals surface area (Å²) < 4.78 is 22.6. The van der Waals surface area contributed by atoms with Crippen molar-refractivity contribution in [2.75, 3.05) is 28.4 Å². The predicted octanol–water partition coefficient (Wildman–Crippen LogP) is 2.42. The fourth-order valence-electron chi connectivity index (χ4n) is 3.57. The summed E-state index contributed by atoms with van der Waals surface area (Å²) in [5, 5.41) is 0. The Hall–Kier alpha value is -0.160. The first kappa shape index (κ1) is 14.9. The van der Waals surface area contributed by atoms with Crippen LogP contribution in [0.3, 0.4) is 0 Å². The zero-order valence-corrected chi connectivity index (χ0v) is 12.1. The van der Waals surface area contributed by atoms with Crippen LogP contribution in [0.2, 0.25) is 0 Å². The van der Waals surface area contributed by atoms with Crippen molar-refractivity contribution in [1.29, 1.82) is 0 Å². The molecule has 0 N–H and O–H groups in total. The molecule has 0 aromatic carbocycles. The van der Waals surface area contributed by atoms with E-state index in [0.29, 0.717) is 0 Å². The Morgan fingerprint density at radius 1 is 0.882 bits per heavy atom. The first-order valence-electron chi connectivity index (χ1n) is 6.03. The monoisotopic (exact) mass is 246 g/mol. The van der Waals surface area contributed by atoms with Gasteiger partial charge in [-0.1, -0.05) is 20.8 Å². The van der Waals surface area contributed by atoms with Gasteiger partial charge in [-0.15, -0.1) is 0 Å². The van der Waals surface area contributed by atoms with E-state index < -0.39 is 11.6 Å². The molecule has 1 aliphatic carbocycles. The quantitative estimate of drug-likeness (QED) is 0.714. The molecule has 0 saturated heterocycles. The van der Waals surface area contributed by atoms with Crippen LogP contribution in [-0.4, -0.2) is 40.0 Å². The number of hydrogen-bond acceptors (Lipinski definition) is 4. The van der Waals surface area contributed by atoms with E-state index in [1.54, 1.807) is 28.4 Å². The van der Waals surface area contributed by atoms with Gasteiger partial charge in [-0.3, -0.25) is 0 Å². The summed E-state index contributed by atoms with van der Waals surface area (Å²) in [6.07, 6.45) is 1.49. The highest BCUT2D eigenvalue weighted by atomic mass is 16.7. The first-order chi connectivity index (χ1) is 7.83. The van der Waals surface area contributed by atoms with E-state index in [4.69, 9.17) is 18.9 Å². The van der Waals surface area contributed by atoms with Crippen LogP contribution in [0, 0.1) is 11.3 Å². The van der Waals surface area contributed by atoms with E-state index in [0.717, 1.165) is 12.8 Å². The second kappa shape index (κ2) is 4.84. The maximum atomic E-state index is 5.70. The molecule has 1 fully saturated rings. The summed E-state index contributed by atoms with van der Waals surface area (Å²) in [5.74, 6) is -0.946. The van der Waals surface area contributed by atoms with Gasteiger partial charge in [0.25, 0.3) is 0 Å². The topological polar surface area (TPSA) is 36.9 Å². The minimum atomic E-state index is -0.590. The van der Waals surface area contributed by atoms with Gasteiger partial charge in [0, 0.05) is 52.6 Å². The van der Waals surface area contributed by atoms with Crippen molar-refractivity contribution >= 4 is 0 Å². The molecule has 102 valence electrons. The molecule has 1 rings (SSSR count). The van der Waals surface area contributed by atoms with Crippen LogP contribution >= 0.6 is 0 Å². The van der Waals surface area contributed by atoms with Crippen molar-refractivity contribution in [3.05, 3.63) is 0 Å². The number of rotatable bonds is 4. The van der Waals surface area contributed by atoms with Gasteiger partial charge < -0.3 is 18.9 Å². The number of methoxy groups -OCH3 is 4.